The number of hydrogen-bond acceptors (Lipinski definition) is 3. The Morgan fingerprint density at radius 3 is 2.53 bits per heavy atom. The molecule has 0 saturated carbocycles. The lowest BCUT2D eigenvalue weighted by atomic mass is 9.89. The van der Waals surface area contributed by atoms with E-state index in [4.69, 9.17) is 4.74 Å². The highest BCUT2D eigenvalue weighted by Gasteiger charge is 2.40. The maximum Gasteiger partial charge on any atom is 0.317 e. The molecular weight excluding hydrogens is 242 g/mol. The molecule has 2 heterocycles. The highest BCUT2D eigenvalue weighted by molar-refractivity contribution is 5.75. The minimum Gasteiger partial charge on any atom is -0.369 e. The molecule has 1 unspecified atom stereocenters. The Kier molecular flexibility index (Phi) is 4.06. The number of nitrogens with one attached hydrogen (secondary N) is 2. The number of amides is 2. The number of carbonyl (C=O) groups excluding carboxylic acids is 1. The van der Waals surface area contributed by atoms with Gasteiger partial charge in [0, 0.05) is 31.7 Å². The van der Waals surface area contributed by atoms with E-state index in [1.54, 1.807) is 0 Å². The van der Waals surface area contributed by atoms with Crippen molar-refractivity contribution in [1.82, 2.24) is 15.5 Å². The first-order chi connectivity index (χ1) is 8.80. The molecule has 19 heavy (non-hydrogen) atoms. The van der Waals surface area contributed by atoms with E-state index in [0.29, 0.717) is 0 Å². The molecule has 2 aliphatic heterocycles. The van der Waals surface area contributed by atoms with Gasteiger partial charge in [-0.1, -0.05) is 0 Å². The number of nitrogens with zero attached hydrogens (tertiary/aromatic N) is 1. The number of urea groups is 1. The van der Waals surface area contributed by atoms with E-state index in [1.807, 2.05) is 25.7 Å². The lowest BCUT2D eigenvalue weighted by Crippen LogP contribution is -2.60. The number of hydrogen-bond donors (Lipinski definition) is 2. The van der Waals surface area contributed by atoms with Crippen LogP contribution in [-0.4, -0.2) is 54.4 Å². The van der Waals surface area contributed by atoms with Gasteiger partial charge in [0.05, 0.1) is 11.7 Å². The van der Waals surface area contributed by atoms with Gasteiger partial charge in [-0.3, -0.25) is 0 Å². The lowest BCUT2D eigenvalue weighted by Gasteiger charge is -2.46. The number of piperidine rings is 1. The third-order valence-electron chi connectivity index (χ3n) is 3.77. The number of ether oxygens (including phenoxy) is 1. The van der Waals surface area contributed by atoms with Crippen molar-refractivity contribution in [2.75, 3.05) is 26.2 Å². The summed E-state index contributed by atoms with van der Waals surface area (Å²) < 4.78 is 6.12. The largest absolute Gasteiger partial charge is 0.369 e. The third kappa shape index (κ3) is 3.83. The Labute approximate surface area is 116 Å². The van der Waals surface area contributed by atoms with Crippen LogP contribution >= 0.6 is 0 Å². The van der Waals surface area contributed by atoms with Crippen LogP contribution in [0.3, 0.4) is 0 Å². The van der Waals surface area contributed by atoms with E-state index >= 15 is 0 Å². The number of morpholine rings is 1. The normalized spacial score (nSPS) is 27.4. The van der Waals surface area contributed by atoms with E-state index in [9.17, 15) is 4.79 Å². The van der Waals surface area contributed by atoms with Crippen LogP contribution in [0.15, 0.2) is 0 Å². The minimum atomic E-state index is -0.177. The fourth-order valence-electron chi connectivity index (χ4n) is 2.83. The molecule has 110 valence electrons. The molecule has 2 N–H and O–H groups in total. The predicted octanol–water partition coefficient (Wildman–Crippen LogP) is 1.34. The van der Waals surface area contributed by atoms with Crippen molar-refractivity contribution in [2.24, 2.45) is 0 Å². The van der Waals surface area contributed by atoms with Gasteiger partial charge in [0.25, 0.3) is 0 Å². The summed E-state index contributed by atoms with van der Waals surface area (Å²) in [7, 11) is 0. The van der Waals surface area contributed by atoms with Gasteiger partial charge >= 0.3 is 6.03 Å². The van der Waals surface area contributed by atoms with Gasteiger partial charge in [0.1, 0.15) is 0 Å². The average molecular weight is 269 g/mol. The first-order valence-electron chi connectivity index (χ1n) is 7.25. The molecule has 2 aliphatic rings. The van der Waals surface area contributed by atoms with Gasteiger partial charge in [0.2, 0.25) is 0 Å². The van der Waals surface area contributed by atoms with Gasteiger partial charge in [-0.05, 0) is 40.5 Å². The van der Waals surface area contributed by atoms with E-state index in [2.05, 4.69) is 17.6 Å². The molecule has 5 nitrogen and oxygen atoms in total. The topological polar surface area (TPSA) is 53.6 Å². The van der Waals surface area contributed by atoms with E-state index in [1.165, 1.54) is 0 Å². The second-order valence-corrected chi connectivity index (χ2v) is 6.91. The molecule has 0 bridgehead atoms. The summed E-state index contributed by atoms with van der Waals surface area (Å²) in [5, 5.41) is 6.45. The van der Waals surface area contributed by atoms with Crippen molar-refractivity contribution < 1.29 is 9.53 Å². The molecule has 0 radical (unpaired) electrons. The smallest absolute Gasteiger partial charge is 0.317 e. The van der Waals surface area contributed by atoms with Crippen LogP contribution in [0, 0.1) is 0 Å². The zero-order chi connectivity index (χ0) is 14.1. The maximum atomic E-state index is 12.1. The Hall–Kier alpha value is -0.810. The first kappa shape index (κ1) is 14.6. The molecule has 1 atom stereocenters. The highest BCUT2D eigenvalue weighted by atomic mass is 16.5. The van der Waals surface area contributed by atoms with Crippen LogP contribution in [0.5, 0.6) is 0 Å². The van der Waals surface area contributed by atoms with Gasteiger partial charge in [-0.25, -0.2) is 4.79 Å². The fraction of sp³-hybridized carbons (Fsp3) is 0.929. The van der Waals surface area contributed by atoms with Crippen LogP contribution in [-0.2, 0) is 4.74 Å². The zero-order valence-corrected chi connectivity index (χ0v) is 12.6. The Morgan fingerprint density at radius 1 is 1.37 bits per heavy atom. The van der Waals surface area contributed by atoms with Gasteiger partial charge < -0.3 is 20.3 Å². The SMILES string of the molecule is CC1CNCC2(CCN(C(=O)NC(C)(C)C)CC2)O1. The fourth-order valence-corrected chi connectivity index (χ4v) is 2.83. The van der Waals surface area contributed by atoms with Crippen molar-refractivity contribution in [3.05, 3.63) is 0 Å². The summed E-state index contributed by atoms with van der Waals surface area (Å²) >= 11 is 0. The Bertz CT molecular complexity index is 330. The Morgan fingerprint density at radius 2 is 2.00 bits per heavy atom. The van der Waals surface area contributed by atoms with Crippen LogP contribution in [0.4, 0.5) is 4.79 Å². The van der Waals surface area contributed by atoms with Crippen molar-refractivity contribution in [3.63, 3.8) is 0 Å². The second kappa shape index (κ2) is 5.29. The lowest BCUT2D eigenvalue weighted by molar-refractivity contribution is -0.131. The first-order valence-corrected chi connectivity index (χ1v) is 7.25. The summed E-state index contributed by atoms with van der Waals surface area (Å²) in [6.45, 7) is 11.5. The third-order valence-corrected chi connectivity index (χ3v) is 3.77. The van der Waals surface area contributed by atoms with Crippen LogP contribution in [0.1, 0.15) is 40.5 Å². The summed E-state index contributed by atoms with van der Waals surface area (Å²) in [6, 6.07) is 0.0409. The summed E-state index contributed by atoms with van der Waals surface area (Å²) in [5.41, 5.74) is -0.236. The number of carbonyl (C=O) groups is 1. The van der Waals surface area contributed by atoms with Crippen molar-refractivity contribution >= 4 is 6.03 Å². The molecule has 5 heteroatoms. The van der Waals surface area contributed by atoms with Crippen molar-refractivity contribution in [1.29, 1.82) is 0 Å². The summed E-state index contributed by atoms with van der Waals surface area (Å²) in [6.07, 6.45) is 2.10. The minimum absolute atomic E-state index is 0.0409. The number of rotatable bonds is 0. The standard InChI is InChI=1S/C14H27N3O2/c1-11-9-15-10-14(19-11)5-7-17(8-6-14)12(18)16-13(2,3)4/h11,15H,5-10H2,1-4H3,(H,16,18). The maximum absolute atomic E-state index is 12.1. The van der Waals surface area contributed by atoms with E-state index < -0.39 is 0 Å². The van der Waals surface area contributed by atoms with Gasteiger partial charge in [-0.15, -0.1) is 0 Å². The average Bonchev–Trinajstić information content (AvgIpc) is 2.27. The summed E-state index contributed by atoms with van der Waals surface area (Å²) in [4.78, 5) is 14.0. The Balaban J connectivity index is 1.87. The number of likely N-dealkylation sites (tertiary alicyclic amines) is 1. The molecule has 2 fully saturated rings. The molecule has 0 aromatic carbocycles. The van der Waals surface area contributed by atoms with Crippen LogP contribution < -0.4 is 10.6 Å². The van der Waals surface area contributed by atoms with Crippen LogP contribution in [0.25, 0.3) is 0 Å². The zero-order valence-electron chi connectivity index (χ0n) is 12.6. The molecule has 0 aromatic heterocycles. The molecule has 0 aliphatic carbocycles. The van der Waals surface area contributed by atoms with Gasteiger partial charge in [-0.2, -0.15) is 0 Å². The second-order valence-electron chi connectivity index (χ2n) is 6.91. The van der Waals surface area contributed by atoms with Crippen molar-refractivity contribution in [2.45, 2.75) is 57.8 Å². The van der Waals surface area contributed by atoms with Crippen LogP contribution in [0.2, 0.25) is 0 Å². The van der Waals surface area contributed by atoms with Crippen molar-refractivity contribution in [3.8, 4) is 0 Å². The highest BCUT2D eigenvalue weighted by Crippen LogP contribution is 2.29. The molecular formula is C14H27N3O2. The monoisotopic (exact) mass is 269 g/mol. The van der Waals surface area contributed by atoms with E-state index in [-0.39, 0.29) is 23.3 Å². The molecule has 0 aromatic rings. The van der Waals surface area contributed by atoms with Gasteiger partial charge in [0.15, 0.2) is 0 Å². The van der Waals surface area contributed by atoms with E-state index in [0.717, 1.165) is 39.0 Å². The molecule has 2 saturated heterocycles. The quantitative estimate of drug-likeness (QED) is 0.698. The predicted molar refractivity (Wildman–Crippen MR) is 75.2 cm³/mol. The molecule has 1 spiro atoms. The molecule has 2 rings (SSSR count). The summed E-state index contributed by atoms with van der Waals surface area (Å²) in [5.74, 6) is 0. The molecule has 2 amide bonds.